The van der Waals surface area contributed by atoms with Crippen molar-refractivity contribution in [3.8, 4) is 16.9 Å². The average Bonchev–Trinajstić information content (AvgIpc) is 2.61. The van der Waals surface area contributed by atoms with Crippen LogP contribution in [-0.4, -0.2) is 24.2 Å². The standard InChI is InChI=1S/C19H26N2O.C2H6/c1-14(2)18-8-7-17(22-11-10-21-15(3)4)12-19(18)16-6-5-9-20-13-16;1-2/h5-9,12-15,21H,10-11H2,1-4H3;1-2H3. The molecular formula is C21H32N2O. The van der Waals surface area contributed by atoms with E-state index in [-0.39, 0.29) is 0 Å². The Kier molecular flexibility index (Phi) is 9.10. The van der Waals surface area contributed by atoms with Gasteiger partial charge in [0.25, 0.3) is 0 Å². The second-order valence-corrected chi connectivity index (χ2v) is 6.10. The Bertz CT molecular complexity index is 580. The van der Waals surface area contributed by atoms with Crippen molar-refractivity contribution >= 4 is 0 Å². The molecule has 24 heavy (non-hydrogen) atoms. The minimum Gasteiger partial charge on any atom is -0.492 e. The first-order valence-corrected chi connectivity index (χ1v) is 8.98. The number of pyridine rings is 1. The van der Waals surface area contributed by atoms with E-state index in [9.17, 15) is 0 Å². The summed E-state index contributed by atoms with van der Waals surface area (Å²) >= 11 is 0. The number of hydrogen-bond donors (Lipinski definition) is 1. The zero-order chi connectivity index (χ0) is 17.9. The summed E-state index contributed by atoms with van der Waals surface area (Å²) in [7, 11) is 0. The monoisotopic (exact) mass is 328 g/mol. The highest BCUT2D eigenvalue weighted by molar-refractivity contribution is 5.69. The van der Waals surface area contributed by atoms with Crippen molar-refractivity contribution in [2.75, 3.05) is 13.2 Å². The average molecular weight is 328 g/mol. The molecule has 0 bridgehead atoms. The lowest BCUT2D eigenvalue weighted by Gasteiger charge is -2.16. The molecule has 0 unspecified atom stereocenters. The van der Waals surface area contributed by atoms with Crippen LogP contribution in [0.2, 0.25) is 0 Å². The van der Waals surface area contributed by atoms with E-state index in [0.29, 0.717) is 18.6 Å². The van der Waals surface area contributed by atoms with Gasteiger partial charge in [0.1, 0.15) is 12.4 Å². The molecule has 1 aromatic heterocycles. The number of benzene rings is 1. The van der Waals surface area contributed by atoms with Gasteiger partial charge in [-0.25, -0.2) is 0 Å². The number of hydrogen-bond acceptors (Lipinski definition) is 3. The van der Waals surface area contributed by atoms with E-state index in [0.717, 1.165) is 17.9 Å². The maximum atomic E-state index is 5.87. The molecule has 0 aliphatic rings. The number of aromatic nitrogens is 1. The van der Waals surface area contributed by atoms with E-state index >= 15 is 0 Å². The van der Waals surface area contributed by atoms with Crippen LogP contribution in [0.15, 0.2) is 42.7 Å². The van der Waals surface area contributed by atoms with Gasteiger partial charge in [0.05, 0.1) is 0 Å². The molecule has 0 fully saturated rings. The molecule has 0 radical (unpaired) electrons. The van der Waals surface area contributed by atoms with Crippen LogP contribution in [0.1, 0.15) is 53.0 Å². The van der Waals surface area contributed by atoms with Crippen molar-refractivity contribution < 1.29 is 4.74 Å². The highest BCUT2D eigenvalue weighted by atomic mass is 16.5. The van der Waals surface area contributed by atoms with Crippen LogP contribution in [0.25, 0.3) is 11.1 Å². The minimum absolute atomic E-state index is 0.465. The van der Waals surface area contributed by atoms with Crippen LogP contribution >= 0.6 is 0 Å². The first-order chi connectivity index (χ1) is 11.6. The Morgan fingerprint density at radius 1 is 1.08 bits per heavy atom. The molecule has 0 atom stereocenters. The van der Waals surface area contributed by atoms with Crippen LogP contribution in [-0.2, 0) is 0 Å². The smallest absolute Gasteiger partial charge is 0.120 e. The second kappa shape index (κ2) is 10.8. The summed E-state index contributed by atoms with van der Waals surface area (Å²) in [4.78, 5) is 4.24. The van der Waals surface area contributed by atoms with Gasteiger partial charge in [-0.15, -0.1) is 0 Å². The molecule has 0 saturated carbocycles. The summed E-state index contributed by atoms with van der Waals surface area (Å²) in [5.74, 6) is 1.38. The summed E-state index contributed by atoms with van der Waals surface area (Å²) in [6, 6.07) is 10.9. The second-order valence-electron chi connectivity index (χ2n) is 6.10. The minimum atomic E-state index is 0.465. The summed E-state index contributed by atoms with van der Waals surface area (Å²) in [6.45, 7) is 14.2. The zero-order valence-corrected chi connectivity index (χ0v) is 16.0. The molecule has 0 amide bonds. The number of nitrogens with one attached hydrogen (secondary N) is 1. The fourth-order valence-electron chi connectivity index (χ4n) is 2.42. The molecule has 0 aliphatic heterocycles. The fraction of sp³-hybridized carbons (Fsp3) is 0.476. The van der Waals surface area contributed by atoms with Crippen LogP contribution in [0, 0.1) is 0 Å². The van der Waals surface area contributed by atoms with Crippen molar-refractivity contribution in [2.24, 2.45) is 0 Å². The van der Waals surface area contributed by atoms with Gasteiger partial charge in [0, 0.05) is 30.5 Å². The molecule has 1 aromatic carbocycles. The van der Waals surface area contributed by atoms with Crippen LogP contribution < -0.4 is 10.1 Å². The van der Waals surface area contributed by atoms with E-state index in [1.807, 2.05) is 26.1 Å². The molecule has 2 rings (SSSR count). The van der Waals surface area contributed by atoms with Gasteiger partial charge in [-0.3, -0.25) is 4.98 Å². The Labute approximate surface area is 147 Å². The van der Waals surface area contributed by atoms with Gasteiger partial charge in [-0.2, -0.15) is 0 Å². The number of ether oxygens (including phenoxy) is 1. The summed E-state index contributed by atoms with van der Waals surface area (Å²) in [5.41, 5.74) is 3.66. The lowest BCUT2D eigenvalue weighted by Crippen LogP contribution is -2.27. The lowest BCUT2D eigenvalue weighted by atomic mass is 9.93. The van der Waals surface area contributed by atoms with Crippen molar-refractivity contribution in [3.63, 3.8) is 0 Å². The van der Waals surface area contributed by atoms with Gasteiger partial charge >= 0.3 is 0 Å². The summed E-state index contributed by atoms with van der Waals surface area (Å²) in [5, 5.41) is 3.36. The van der Waals surface area contributed by atoms with E-state index in [2.05, 4.69) is 62.3 Å². The van der Waals surface area contributed by atoms with Gasteiger partial charge < -0.3 is 10.1 Å². The molecule has 3 nitrogen and oxygen atoms in total. The Balaban J connectivity index is 0.00000139. The Morgan fingerprint density at radius 3 is 2.42 bits per heavy atom. The van der Waals surface area contributed by atoms with Gasteiger partial charge in [0.15, 0.2) is 0 Å². The lowest BCUT2D eigenvalue weighted by molar-refractivity contribution is 0.309. The van der Waals surface area contributed by atoms with Crippen molar-refractivity contribution in [2.45, 2.75) is 53.5 Å². The molecular weight excluding hydrogens is 296 g/mol. The van der Waals surface area contributed by atoms with Crippen LogP contribution in [0.5, 0.6) is 5.75 Å². The topological polar surface area (TPSA) is 34.1 Å². The van der Waals surface area contributed by atoms with Gasteiger partial charge in [0.2, 0.25) is 0 Å². The fourth-order valence-corrected chi connectivity index (χ4v) is 2.42. The quantitative estimate of drug-likeness (QED) is 0.703. The largest absolute Gasteiger partial charge is 0.492 e. The molecule has 0 saturated heterocycles. The van der Waals surface area contributed by atoms with Crippen molar-refractivity contribution in [3.05, 3.63) is 48.3 Å². The molecule has 0 aliphatic carbocycles. The molecule has 2 aromatic rings. The van der Waals surface area contributed by atoms with Gasteiger partial charge in [-0.05, 0) is 35.2 Å². The van der Waals surface area contributed by atoms with E-state index < -0.39 is 0 Å². The Morgan fingerprint density at radius 2 is 1.83 bits per heavy atom. The van der Waals surface area contributed by atoms with Crippen LogP contribution in [0.4, 0.5) is 0 Å². The normalized spacial score (nSPS) is 10.5. The SMILES string of the molecule is CC.CC(C)NCCOc1ccc(C(C)C)c(-c2cccnc2)c1. The van der Waals surface area contributed by atoms with Crippen LogP contribution in [0.3, 0.4) is 0 Å². The van der Waals surface area contributed by atoms with Crippen molar-refractivity contribution in [1.29, 1.82) is 0 Å². The van der Waals surface area contributed by atoms with Crippen molar-refractivity contribution in [1.82, 2.24) is 10.3 Å². The van der Waals surface area contributed by atoms with E-state index in [1.165, 1.54) is 11.1 Å². The summed E-state index contributed by atoms with van der Waals surface area (Å²) < 4.78 is 5.87. The summed E-state index contributed by atoms with van der Waals surface area (Å²) in [6.07, 6.45) is 3.71. The molecule has 1 N–H and O–H groups in total. The third-order valence-electron chi connectivity index (χ3n) is 3.54. The molecule has 1 heterocycles. The first-order valence-electron chi connectivity index (χ1n) is 8.98. The van der Waals surface area contributed by atoms with Gasteiger partial charge in [-0.1, -0.05) is 53.7 Å². The number of nitrogens with zero attached hydrogens (tertiary/aromatic N) is 1. The molecule has 132 valence electrons. The predicted molar refractivity (Wildman–Crippen MR) is 104 cm³/mol. The maximum absolute atomic E-state index is 5.87. The highest BCUT2D eigenvalue weighted by Crippen LogP contribution is 2.32. The Hall–Kier alpha value is -1.87. The third-order valence-corrected chi connectivity index (χ3v) is 3.54. The maximum Gasteiger partial charge on any atom is 0.120 e. The predicted octanol–water partition coefficient (Wildman–Crippen LogP) is 5.28. The number of rotatable bonds is 7. The zero-order valence-electron chi connectivity index (χ0n) is 16.0. The van der Waals surface area contributed by atoms with E-state index in [1.54, 1.807) is 6.20 Å². The first kappa shape index (κ1) is 20.2. The molecule has 3 heteroatoms. The van der Waals surface area contributed by atoms with E-state index in [4.69, 9.17) is 4.74 Å². The molecule has 0 spiro atoms. The third kappa shape index (κ3) is 6.32. The highest BCUT2D eigenvalue weighted by Gasteiger charge is 2.10.